The smallest absolute Gasteiger partial charge is 0.344 e. The minimum Gasteiger partial charge on any atom is -0.463 e. The summed E-state index contributed by atoms with van der Waals surface area (Å²) >= 11 is 0. The molecule has 0 bridgehead atoms. The molecule has 0 atom stereocenters. The van der Waals surface area contributed by atoms with Gasteiger partial charge in [-0.1, -0.05) is 18.2 Å². The topological polar surface area (TPSA) is 69.7 Å². The lowest BCUT2D eigenvalue weighted by atomic mass is 10.3. The van der Waals surface area contributed by atoms with Crippen LogP contribution in [0.15, 0.2) is 48.7 Å². The first kappa shape index (κ1) is 14.6. The lowest BCUT2D eigenvalue weighted by molar-refractivity contribution is -0.145. The fraction of sp³-hybridized carbons (Fsp3) is 0.200. The van der Waals surface area contributed by atoms with Crippen LogP contribution in [-0.2, 0) is 9.53 Å². The number of pyridine rings is 1. The average Bonchev–Trinajstić information content (AvgIpc) is 2.53. The number of anilines is 1. The number of para-hydroxylation sites is 1. The summed E-state index contributed by atoms with van der Waals surface area (Å²) in [5.74, 6) is 0.143. The van der Waals surface area contributed by atoms with Gasteiger partial charge in [0.05, 0.1) is 12.3 Å². The molecule has 0 fully saturated rings. The largest absolute Gasteiger partial charge is 0.463 e. The molecule has 110 valence electrons. The Kier molecular flexibility index (Phi) is 5.40. The maximum atomic E-state index is 11.3. The molecular formula is C15H16N2O4. The highest BCUT2D eigenvalue weighted by atomic mass is 16.7. The van der Waals surface area contributed by atoms with Crippen molar-refractivity contribution in [1.82, 2.24) is 4.98 Å². The summed E-state index contributed by atoms with van der Waals surface area (Å²) in [4.78, 5) is 20.7. The van der Waals surface area contributed by atoms with Crippen LogP contribution in [0.5, 0.6) is 11.6 Å². The lowest BCUT2D eigenvalue weighted by Gasteiger charge is -2.11. The second kappa shape index (κ2) is 7.74. The molecule has 6 heteroatoms. The number of carbonyl (C=O) groups excluding carboxylic acids is 1. The molecule has 0 saturated carbocycles. The molecule has 21 heavy (non-hydrogen) atoms. The molecule has 0 aliphatic rings. The second-order valence-corrected chi connectivity index (χ2v) is 3.97. The summed E-state index contributed by atoms with van der Waals surface area (Å²) in [6.45, 7) is 1.83. The van der Waals surface area contributed by atoms with Gasteiger partial charge in [0, 0.05) is 6.20 Å². The number of hydrogen-bond donors (Lipinski definition) is 1. The third-order valence-corrected chi connectivity index (χ3v) is 2.42. The molecule has 6 nitrogen and oxygen atoms in total. The summed E-state index contributed by atoms with van der Waals surface area (Å²) in [7, 11) is 0. The Bertz CT molecular complexity index is 575. The van der Waals surface area contributed by atoms with Crippen LogP contribution in [0.4, 0.5) is 5.69 Å². The Balaban J connectivity index is 1.95. The van der Waals surface area contributed by atoms with E-state index < -0.39 is 5.97 Å². The molecule has 1 N–H and O–H groups in total. The molecule has 0 aliphatic carbocycles. The SMILES string of the molecule is CCOC(=O)COc1ncccc1ONc1ccccc1. The molecule has 0 aliphatic heterocycles. The van der Waals surface area contributed by atoms with Crippen LogP contribution in [0.3, 0.4) is 0 Å². The monoisotopic (exact) mass is 288 g/mol. The van der Waals surface area contributed by atoms with Gasteiger partial charge in [0.1, 0.15) is 0 Å². The van der Waals surface area contributed by atoms with Gasteiger partial charge in [-0.05, 0) is 31.2 Å². The number of nitrogens with zero attached hydrogens (tertiary/aromatic N) is 1. The summed E-state index contributed by atoms with van der Waals surface area (Å²) in [5.41, 5.74) is 3.57. The molecule has 0 spiro atoms. The van der Waals surface area contributed by atoms with Gasteiger partial charge >= 0.3 is 5.97 Å². The molecule has 0 saturated heterocycles. The number of ether oxygens (including phenoxy) is 2. The van der Waals surface area contributed by atoms with Gasteiger partial charge in [-0.3, -0.25) is 0 Å². The summed E-state index contributed by atoms with van der Waals surface area (Å²) in [6.07, 6.45) is 1.55. The highest BCUT2D eigenvalue weighted by molar-refractivity contribution is 5.71. The number of nitrogens with one attached hydrogen (secondary N) is 1. The van der Waals surface area contributed by atoms with E-state index in [1.807, 2.05) is 30.3 Å². The molecule has 1 heterocycles. The van der Waals surface area contributed by atoms with E-state index in [1.54, 1.807) is 25.3 Å². The molecule has 1 aromatic heterocycles. The van der Waals surface area contributed by atoms with E-state index in [-0.39, 0.29) is 12.5 Å². The van der Waals surface area contributed by atoms with E-state index in [0.29, 0.717) is 12.4 Å². The molecular weight excluding hydrogens is 272 g/mol. The van der Waals surface area contributed by atoms with Crippen molar-refractivity contribution < 1.29 is 19.1 Å². The van der Waals surface area contributed by atoms with Crippen molar-refractivity contribution in [2.24, 2.45) is 0 Å². The van der Waals surface area contributed by atoms with Gasteiger partial charge in [0.25, 0.3) is 5.88 Å². The zero-order chi connectivity index (χ0) is 14.9. The van der Waals surface area contributed by atoms with E-state index >= 15 is 0 Å². The van der Waals surface area contributed by atoms with E-state index in [2.05, 4.69) is 10.5 Å². The normalized spacial score (nSPS) is 9.76. The molecule has 2 rings (SSSR count). The Morgan fingerprint density at radius 1 is 1.19 bits per heavy atom. The maximum Gasteiger partial charge on any atom is 0.344 e. The van der Waals surface area contributed by atoms with Crippen LogP contribution < -0.4 is 15.1 Å². The third kappa shape index (κ3) is 4.68. The summed E-state index contributed by atoms with van der Waals surface area (Å²) in [5, 5.41) is 0. The van der Waals surface area contributed by atoms with Crippen LogP contribution in [0.2, 0.25) is 0 Å². The summed E-state index contributed by atoms with van der Waals surface area (Å²) in [6, 6.07) is 12.8. The number of aromatic nitrogens is 1. The van der Waals surface area contributed by atoms with Crippen molar-refractivity contribution in [3.63, 3.8) is 0 Å². The van der Waals surface area contributed by atoms with Crippen LogP contribution in [0, 0.1) is 0 Å². The van der Waals surface area contributed by atoms with Crippen LogP contribution >= 0.6 is 0 Å². The van der Waals surface area contributed by atoms with Gasteiger partial charge < -0.3 is 14.3 Å². The molecule has 0 amide bonds. The van der Waals surface area contributed by atoms with Crippen LogP contribution in [-0.4, -0.2) is 24.2 Å². The fourth-order valence-electron chi connectivity index (χ4n) is 1.51. The second-order valence-electron chi connectivity index (χ2n) is 3.97. The number of carbonyl (C=O) groups is 1. The third-order valence-electron chi connectivity index (χ3n) is 2.42. The fourth-order valence-corrected chi connectivity index (χ4v) is 1.51. The zero-order valence-corrected chi connectivity index (χ0v) is 11.6. The van der Waals surface area contributed by atoms with Crippen molar-refractivity contribution in [2.45, 2.75) is 6.92 Å². The molecule has 0 unspecified atom stereocenters. The molecule has 2 aromatic rings. The van der Waals surface area contributed by atoms with Gasteiger partial charge in [0.2, 0.25) is 5.75 Å². The zero-order valence-electron chi connectivity index (χ0n) is 11.6. The quantitative estimate of drug-likeness (QED) is 0.623. The van der Waals surface area contributed by atoms with Crippen LogP contribution in [0.1, 0.15) is 6.92 Å². The highest BCUT2D eigenvalue weighted by Crippen LogP contribution is 2.23. The van der Waals surface area contributed by atoms with E-state index in [9.17, 15) is 4.79 Å². The summed E-state index contributed by atoms with van der Waals surface area (Å²) < 4.78 is 10.1. The first-order valence-electron chi connectivity index (χ1n) is 6.51. The van der Waals surface area contributed by atoms with Gasteiger partial charge in [-0.15, -0.1) is 0 Å². The standard InChI is InChI=1S/C15H16N2O4/c1-2-19-14(18)11-20-15-13(9-6-10-16-15)21-17-12-7-4-3-5-8-12/h3-10,17H,2,11H2,1H3. The Morgan fingerprint density at radius 3 is 2.76 bits per heavy atom. The van der Waals surface area contributed by atoms with E-state index in [4.69, 9.17) is 14.3 Å². The number of esters is 1. The maximum absolute atomic E-state index is 11.3. The number of hydrogen-bond acceptors (Lipinski definition) is 6. The Morgan fingerprint density at radius 2 is 2.00 bits per heavy atom. The van der Waals surface area contributed by atoms with Crippen molar-refractivity contribution in [3.8, 4) is 11.6 Å². The Hall–Kier alpha value is -2.76. The highest BCUT2D eigenvalue weighted by Gasteiger charge is 2.10. The van der Waals surface area contributed by atoms with Gasteiger partial charge in [-0.25, -0.2) is 15.3 Å². The lowest BCUT2D eigenvalue weighted by Crippen LogP contribution is -2.16. The van der Waals surface area contributed by atoms with Crippen molar-refractivity contribution in [1.29, 1.82) is 0 Å². The first-order chi connectivity index (χ1) is 10.3. The van der Waals surface area contributed by atoms with Gasteiger partial charge in [0.15, 0.2) is 6.61 Å². The van der Waals surface area contributed by atoms with Crippen LogP contribution in [0.25, 0.3) is 0 Å². The molecule has 1 aromatic carbocycles. The van der Waals surface area contributed by atoms with E-state index in [1.165, 1.54) is 0 Å². The van der Waals surface area contributed by atoms with E-state index in [0.717, 1.165) is 5.69 Å². The predicted octanol–water partition coefficient (Wildman–Crippen LogP) is 2.43. The minimum atomic E-state index is -0.454. The molecule has 0 radical (unpaired) electrons. The van der Waals surface area contributed by atoms with Crippen molar-refractivity contribution in [2.75, 3.05) is 18.7 Å². The van der Waals surface area contributed by atoms with Crippen molar-refractivity contribution >= 4 is 11.7 Å². The Labute approximate surface area is 122 Å². The first-order valence-corrected chi connectivity index (χ1v) is 6.51. The number of rotatable bonds is 7. The number of benzene rings is 1. The van der Waals surface area contributed by atoms with Crippen molar-refractivity contribution in [3.05, 3.63) is 48.7 Å². The van der Waals surface area contributed by atoms with Gasteiger partial charge in [-0.2, -0.15) is 0 Å². The average molecular weight is 288 g/mol. The predicted molar refractivity (Wildman–Crippen MR) is 77.1 cm³/mol. The minimum absolute atomic E-state index is 0.216.